The molecule has 3 aliphatic rings. The van der Waals surface area contributed by atoms with Crippen LogP contribution in [0.3, 0.4) is 0 Å². The van der Waals surface area contributed by atoms with Gasteiger partial charge < -0.3 is 20.3 Å². The van der Waals surface area contributed by atoms with E-state index in [1.807, 2.05) is 7.05 Å². The van der Waals surface area contributed by atoms with Gasteiger partial charge in [0, 0.05) is 45.8 Å². The van der Waals surface area contributed by atoms with Crippen LogP contribution in [0.25, 0.3) is 0 Å². The third kappa shape index (κ3) is 4.93. The fourth-order valence-corrected chi connectivity index (χ4v) is 3.80. The number of rotatable bonds is 4. The van der Waals surface area contributed by atoms with Crippen molar-refractivity contribution in [1.82, 2.24) is 20.4 Å². The van der Waals surface area contributed by atoms with Crippen molar-refractivity contribution < 1.29 is 4.74 Å². The van der Waals surface area contributed by atoms with Crippen LogP contribution in [0, 0.1) is 0 Å². The van der Waals surface area contributed by atoms with Gasteiger partial charge in [-0.05, 0) is 33.2 Å². The van der Waals surface area contributed by atoms with E-state index in [4.69, 9.17) is 4.74 Å². The van der Waals surface area contributed by atoms with Crippen LogP contribution in [0.1, 0.15) is 26.2 Å². The summed E-state index contributed by atoms with van der Waals surface area (Å²) in [5.41, 5.74) is 0. The lowest BCUT2D eigenvalue weighted by Crippen LogP contribution is -2.53. The van der Waals surface area contributed by atoms with Crippen molar-refractivity contribution >= 4 is 29.9 Å². The lowest BCUT2D eigenvalue weighted by atomic mass is 9.96. The molecule has 0 radical (unpaired) electrons. The molecule has 0 spiro atoms. The second-order valence-corrected chi connectivity index (χ2v) is 7.00. The number of hydrogen-bond acceptors (Lipinski definition) is 4. The normalized spacial score (nSPS) is 33.3. The average molecular weight is 437 g/mol. The van der Waals surface area contributed by atoms with E-state index in [9.17, 15) is 0 Å². The molecule has 3 heterocycles. The third-order valence-corrected chi connectivity index (χ3v) is 5.38. The van der Waals surface area contributed by atoms with Gasteiger partial charge in [0.25, 0.3) is 0 Å². The van der Waals surface area contributed by atoms with Gasteiger partial charge in [-0.1, -0.05) is 0 Å². The number of guanidine groups is 1. The summed E-state index contributed by atoms with van der Waals surface area (Å²) in [5, 5.41) is 7.04. The zero-order valence-corrected chi connectivity index (χ0v) is 17.0. The lowest BCUT2D eigenvalue weighted by Gasteiger charge is -2.36. The predicted molar refractivity (Wildman–Crippen MR) is 105 cm³/mol. The molecule has 6 nitrogen and oxygen atoms in total. The zero-order valence-electron chi connectivity index (χ0n) is 14.6. The molecular formula is C16H32IN5O. The van der Waals surface area contributed by atoms with Gasteiger partial charge in [-0.3, -0.25) is 9.89 Å². The van der Waals surface area contributed by atoms with Gasteiger partial charge >= 0.3 is 0 Å². The number of likely N-dealkylation sites (N-methyl/N-ethyl adjacent to an activating group) is 1. The molecule has 4 unspecified atom stereocenters. The molecule has 3 rings (SSSR count). The molecule has 0 amide bonds. The van der Waals surface area contributed by atoms with Crippen LogP contribution < -0.4 is 10.6 Å². The maximum Gasteiger partial charge on any atom is 0.191 e. The monoisotopic (exact) mass is 437 g/mol. The summed E-state index contributed by atoms with van der Waals surface area (Å²) in [6.45, 7) is 7.88. The number of nitrogens with one attached hydrogen (secondary N) is 2. The van der Waals surface area contributed by atoms with Crippen molar-refractivity contribution in [3.63, 3.8) is 0 Å². The summed E-state index contributed by atoms with van der Waals surface area (Å²) >= 11 is 0. The van der Waals surface area contributed by atoms with Crippen molar-refractivity contribution in [1.29, 1.82) is 0 Å². The summed E-state index contributed by atoms with van der Waals surface area (Å²) in [6, 6.07) is 0.965. The van der Waals surface area contributed by atoms with Gasteiger partial charge in [0.1, 0.15) is 0 Å². The highest BCUT2D eigenvalue weighted by atomic mass is 127. The van der Waals surface area contributed by atoms with Crippen molar-refractivity contribution in [2.24, 2.45) is 4.99 Å². The van der Waals surface area contributed by atoms with Crippen molar-refractivity contribution in [2.45, 2.75) is 50.5 Å². The molecular weight excluding hydrogens is 405 g/mol. The Bertz CT molecular complexity index is 400. The quantitative estimate of drug-likeness (QED) is 0.386. The first-order valence-electron chi connectivity index (χ1n) is 8.71. The largest absolute Gasteiger partial charge is 0.373 e. The van der Waals surface area contributed by atoms with E-state index in [-0.39, 0.29) is 24.0 Å². The van der Waals surface area contributed by atoms with E-state index >= 15 is 0 Å². The molecule has 0 saturated carbocycles. The van der Waals surface area contributed by atoms with Crippen LogP contribution in [-0.4, -0.2) is 86.9 Å². The van der Waals surface area contributed by atoms with E-state index in [0.29, 0.717) is 24.3 Å². The van der Waals surface area contributed by atoms with E-state index in [1.54, 1.807) is 0 Å². The van der Waals surface area contributed by atoms with Crippen LogP contribution >= 0.6 is 24.0 Å². The van der Waals surface area contributed by atoms with E-state index in [2.05, 4.69) is 39.4 Å². The van der Waals surface area contributed by atoms with Crippen molar-refractivity contribution in [3.8, 4) is 0 Å². The first-order chi connectivity index (χ1) is 10.7. The molecule has 7 heteroatoms. The first kappa shape index (κ1) is 19.2. The highest BCUT2D eigenvalue weighted by Crippen LogP contribution is 2.34. The van der Waals surface area contributed by atoms with Crippen LogP contribution in [-0.2, 0) is 4.74 Å². The Morgan fingerprint density at radius 3 is 2.57 bits per heavy atom. The number of nitrogens with zero attached hydrogens (tertiary/aromatic N) is 3. The molecule has 134 valence electrons. The topological polar surface area (TPSA) is 52.1 Å². The SMILES string of the molecule is CN=C(NCC(C)N1CCN(C)CC1)NC1CC2CCC1O2.I. The summed E-state index contributed by atoms with van der Waals surface area (Å²) in [7, 11) is 4.05. The second kappa shape index (κ2) is 8.82. The molecule has 0 aliphatic carbocycles. The Morgan fingerprint density at radius 2 is 2.00 bits per heavy atom. The number of ether oxygens (including phenoxy) is 1. The van der Waals surface area contributed by atoms with Crippen molar-refractivity contribution in [3.05, 3.63) is 0 Å². The second-order valence-electron chi connectivity index (χ2n) is 7.00. The molecule has 2 bridgehead atoms. The lowest BCUT2D eigenvalue weighted by molar-refractivity contribution is 0.0991. The highest BCUT2D eigenvalue weighted by Gasteiger charge is 2.41. The Labute approximate surface area is 157 Å². The zero-order chi connectivity index (χ0) is 15.5. The Kier molecular flexibility index (Phi) is 7.37. The molecule has 3 fully saturated rings. The third-order valence-electron chi connectivity index (χ3n) is 5.38. The minimum atomic E-state index is 0. The van der Waals surface area contributed by atoms with Gasteiger partial charge in [-0.2, -0.15) is 0 Å². The maximum absolute atomic E-state index is 5.90. The van der Waals surface area contributed by atoms with E-state index in [1.165, 1.54) is 25.9 Å². The van der Waals surface area contributed by atoms with Crippen LogP contribution in [0.2, 0.25) is 0 Å². The predicted octanol–water partition coefficient (Wildman–Crippen LogP) is 0.725. The fourth-order valence-electron chi connectivity index (χ4n) is 3.80. The number of aliphatic imine (C=N–C) groups is 1. The standard InChI is InChI=1S/C16H31N5O.HI/c1-12(21-8-6-20(3)7-9-21)11-18-16(17-2)19-14-10-13-4-5-15(14)22-13;/h12-15H,4-11H2,1-3H3,(H2,17,18,19);1H. The smallest absolute Gasteiger partial charge is 0.191 e. The minimum Gasteiger partial charge on any atom is -0.373 e. The number of hydrogen-bond donors (Lipinski definition) is 2. The van der Waals surface area contributed by atoms with Gasteiger partial charge in [0.05, 0.1) is 18.2 Å². The molecule has 2 N–H and O–H groups in total. The molecule has 0 aromatic carbocycles. The summed E-state index contributed by atoms with van der Waals surface area (Å²) < 4.78 is 5.90. The van der Waals surface area contributed by atoms with Gasteiger partial charge in [0.15, 0.2) is 5.96 Å². The molecule has 0 aromatic heterocycles. The molecule has 3 aliphatic heterocycles. The van der Waals surface area contributed by atoms with E-state index in [0.717, 1.165) is 32.0 Å². The van der Waals surface area contributed by atoms with Crippen LogP contribution in [0.4, 0.5) is 0 Å². The number of fused-ring (bicyclic) bond motifs is 2. The molecule has 3 saturated heterocycles. The molecule has 23 heavy (non-hydrogen) atoms. The highest BCUT2D eigenvalue weighted by molar-refractivity contribution is 14.0. The van der Waals surface area contributed by atoms with Crippen LogP contribution in [0.15, 0.2) is 4.99 Å². The molecule has 0 aromatic rings. The fraction of sp³-hybridized carbons (Fsp3) is 0.938. The van der Waals surface area contributed by atoms with Crippen LogP contribution in [0.5, 0.6) is 0 Å². The summed E-state index contributed by atoms with van der Waals surface area (Å²) in [6.07, 6.45) is 4.41. The van der Waals surface area contributed by atoms with E-state index < -0.39 is 0 Å². The average Bonchev–Trinajstić information content (AvgIpc) is 3.14. The van der Waals surface area contributed by atoms with Crippen molar-refractivity contribution in [2.75, 3.05) is 46.8 Å². The first-order valence-corrected chi connectivity index (χ1v) is 8.71. The Balaban J connectivity index is 0.00000192. The maximum atomic E-state index is 5.90. The number of piperazine rings is 1. The summed E-state index contributed by atoms with van der Waals surface area (Å²) in [5.74, 6) is 0.919. The summed E-state index contributed by atoms with van der Waals surface area (Å²) in [4.78, 5) is 9.33. The minimum absolute atomic E-state index is 0. The van der Waals surface area contributed by atoms with Gasteiger partial charge in [0.2, 0.25) is 0 Å². The molecule has 4 atom stereocenters. The van der Waals surface area contributed by atoms with Gasteiger partial charge in [-0.25, -0.2) is 0 Å². The van der Waals surface area contributed by atoms with Gasteiger partial charge in [-0.15, -0.1) is 24.0 Å². The Hall–Kier alpha value is -0.120. The Morgan fingerprint density at radius 1 is 1.26 bits per heavy atom. The number of halogens is 1.